The summed E-state index contributed by atoms with van der Waals surface area (Å²) in [6, 6.07) is 6.55. The molecule has 0 fully saturated rings. The molecular formula is C13H11ClN2O3S. The second kappa shape index (κ2) is 6.02. The molecule has 0 saturated carbocycles. The van der Waals surface area contributed by atoms with Crippen molar-refractivity contribution in [1.29, 1.82) is 0 Å². The van der Waals surface area contributed by atoms with E-state index in [1.165, 1.54) is 0 Å². The van der Waals surface area contributed by atoms with Crippen molar-refractivity contribution in [3.63, 3.8) is 0 Å². The van der Waals surface area contributed by atoms with E-state index < -0.39 is 5.97 Å². The topological polar surface area (TPSA) is 79.3 Å². The van der Waals surface area contributed by atoms with Crippen LogP contribution in [-0.4, -0.2) is 22.0 Å². The van der Waals surface area contributed by atoms with E-state index in [1.807, 2.05) is 0 Å². The van der Waals surface area contributed by atoms with Crippen LogP contribution in [0.2, 0.25) is 5.02 Å². The second-order valence-corrected chi connectivity index (χ2v) is 5.58. The van der Waals surface area contributed by atoms with Crippen molar-refractivity contribution < 1.29 is 14.7 Å². The minimum absolute atomic E-state index is 0.101. The van der Waals surface area contributed by atoms with Gasteiger partial charge < -0.3 is 5.11 Å². The largest absolute Gasteiger partial charge is 0.481 e. The molecule has 0 radical (unpaired) electrons. The number of hydrogen-bond acceptors (Lipinski definition) is 4. The lowest BCUT2D eigenvalue weighted by molar-refractivity contribution is -0.136. The van der Waals surface area contributed by atoms with E-state index in [1.54, 1.807) is 31.2 Å². The van der Waals surface area contributed by atoms with Crippen LogP contribution in [0.5, 0.6) is 0 Å². The molecular weight excluding hydrogens is 300 g/mol. The Labute approximate surface area is 124 Å². The van der Waals surface area contributed by atoms with Gasteiger partial charge in [0.05, 0.1) is 12.1 Å². The first-order valence-corrected chi connectivity index (χ1v) is 6.90. The number of carbonyl (C=O) groups is 2. The first kappa shape index (κ1) is 14.5. The molecule has 0 aliphatic rings. The third kappa shape index (κ3) is 3.55. The number of thiazole rings is 1. The highest BCUT2D eigenvalue weighted by molar-refractivity contribution is 7.16. The van der Waals surface area contributed by atoms with Crippen molar-refractivity contribution in [2.45, 2.75) is 13.3 Å². The SMILES string of the molecule is Cc1nc(NC(=O)c2cccc(Cl)c2)sc1CC(=O)O. The summed E-state index contributed by atoms with van der Waals surface area (Å²) in [5.41, 5.74) is 1.03. The molecule has 1 heterocycles. The third-order valence-corrected chi connectivity index (χ3v) is 3.82. The zero-order valence-electron chi connectivity index (χ0n) is 10.5. The number of amides is 1. The molecule has 2 N–H and O–H groups in total. The number of anilines is 1. The summed E-state index contributed by atoms with van der Waals surface area (Å²) >= 11 is 6.98. The second-order valence-electron chi connectivity index (χ2n) is 4.06. The first-order valence-electron chi connectivity index (χ1n) is 5.70. The molecule has 20 heavy (non-hydrogen) atoms. The zero-order valence-corrected chi connectivity index (χ0v) is 12.1. The van der Waals surface area contributed by atoms with Gasteiger partial charge in [-0.1, -0.05) is 17.7 Å². The molecule has 0 unspecified atom stereocenters. The maximum Gasteiger partial charge on any atom is 0.308 e. The molecule has 5 nitrogen and oxygen atoms in total. The average molecular weight is 311 g/mol. The fraction of sp³-hybridized carbons (Fsp3) is 0.154. The van der Waals surface area contributed by atoms with Crippen molar-refractivity contribution in [3.05, 3.63) is 45.4 Å². The van der Waals surface area contributed by atoms with Gasteiger partial charge in [0, 0.05) is 15.5 Å². The van der Waals surface area contributed by atoms with Crippen LogP contribution in [0.4, 0.5) is 5.13 Å². The van der Waals surface area contributed by atoms with Gasteiger partial charge in [-0.15, -0.1) is 11.3 Å². The van der Waals surface area contributed by atoms with E-state index in [0.717, 1.165) is 11.3 Å². The molecule has 0 atom stereocenters. The lowest BCUT2D eigenvalue weighted by Crippen LogP contribution is -2.11. The number of carbonyl (C=O) groups excluding carboxylic acids is 1. The van der Waals surface area contributed by atoms with E-state index in [9.17, 15) is 9.59 Å². The summed E-state index contributed by atoms with van der Waals surface area (Å²) in [5.74, 6) is -1.26. The minimum atomic E-state index is -0.926. The van der Waals surface area contributed by atoms with Crippen molar-refractivity contribution in [1.82, 2.24) is 4.98 Å². The highest BCUT2D eigenvalue weighted by Crippen LogP contribution is 2.23. The summed E-state index contributed by atoms with van der Waals surface area (Å²) in [6.45, 7) is 1.71. The Morgan fingerprint density at radius 3 is 2.85 bits per heavy atom. The third-order valence-electron chi connectivity index (χ3n) is 2.51. The maximum atomic E-state index is 12.0. The van der Waals surface area contributed by atoms with Gasteiger partial charge in [0.15, 0.2) is 5.13 Å². The first-order chi connectivity index (χ1) is 9.45. The Hall–Kier alpha value is -1.92. The number of halogens is 1. The Morgan fingerprint density at radius 2 is 2.20 bits per heavy atom. The van der Waals surface area contributed by atoms with Crippen LogP contribution in [0.3, 0.4) is 0 Å². The summed E-state index contributed by atoms with van der Waals surface area (Å²) in [4.78, 5) is 27.4. The summed E-state index contributed by atoms with van der Waals surface area (Å²) in [6.07, 6.45) is -0.101. The van der Waals surface area contributed by atoms with Crippen LogP contribution in [-0.2, 0) is 11.2 Å². The van der Waals surface area contributed by atoms with Gasteiger partial charge in [0.25, 0.3) is 5.91 Å². The smallest absolute Gasteiger partial charge is 0.308 e. The fourth-order valence-electron chi connectivity index (χ4n) is 1.58. The van der Waals surface area contributed by atoms with Crippen LogP contribution < -0.4 is 5.32 Å². The zero-order chi connectivity index (χ0) is 14.7. The van der Waals surface area contributed by atoms with E-state index >= 15 is 0 Å². The molecule has 0 saturated heterocycles. The number of aromatic nitrogens is 1. The Kier molecular flexibility index (Phi) is 4.36. The predicted molar refractivity (Wildman–Crippen MR) is 77.6 cm³/mol. The Bertz CT molecular complexity index is 669. The lowest BCUT2D eigenvalue weighted by atomic mass is 10.2. The molecule has 0 bridgehead atoms. The number of nitrogens with one attached hydrogen (secondary N) is 1. The van der Waals surface area contributed by atoms with Gasteiger partial charge >= 0.3 is 5.97 Å². The number of nitrogens with zero attached hydrogens (tertiary/aromatic N) is 1. The quantitative estimate of drug-likeness (QED) is 0.910. The van der Waals surface area contributed by atoms with Gasteiger partial charge in [-0.3, -0.25) is 14.9 Å². The van der Waals surface area contributed by atoms with Crippen LogP contribution in [0.25, 0.3) is 0 Å². The van der Waals surface area contributed by atoms with Crippen LogP contribution in [0.15, 0.2) is 24.3 Å². The normalized spacial score (nSPS) is 10.3. The molecule has 0 aliphatic carbocycles. The van der Waals surface area contributed by atoms with Crippen molar-refractivity contribution in [2.24, 2.45) is 0 Å². The molecule has 0 spiro atoms. The molecule has 1 aromatic carbocycles. The van der Waals surface area contributed by atoms with Crippen molar-refractivity contribution in [3.8, 4) is 0 Å². The Balaban J connectivity index is 2.14. The summed E-state index contributed by atoms with van der Waals surface area (Å²) in [7, 11) is 0. The number of aryl methyl sites for hydroxylation is 1. The van der Waals surface area contributed by atoms with Crippen LogP contribution >= 0.6 is 22.9 Å². The molecule has 0 aliphatic heterocycles. The van der Waals surface area contributed by atoms with Crippen LogP contribution in [0.1, 0.15) is 20.9 Å². The van der Waals surface area contributed by atoms with Crippen LogP contribution in [0, 0.1) is 6.92 Å². The number of aliphatic carboxylic acids is 1. The monoisotopic (exact) mass is 310 g/mol. The van der Waals surface area contributed by atoms with E-state index in [0.29, 0.717) is 26.3 Å². The van der Waals surface area contributed by atoms with E-state index in [4.69, 9.17) is 16.7 Å². The van der Waals surface area contributed by atoms with Gasteiger partial charge in [-0.05, 0) is 25.1 Å². The maximum absolute atomic E-state index is 12.0. The van der Waals surface area contributed by atoms with Gasteiger partial charge in [-0.2, -0.15) is 0 Å². The molecule has 7 heteroatoms. The standard InChI is InChI=1S/C13H11ClN2O3S/c1-7-10(6-11(17)18)20-13(15-7)16-12(19)8-3-2-4-9(14)5-8/h2-5H,6H2,1H3,(H,17,18)(H,15,16,19). The number of hydrogen-bond donors (Lipinski definition) is 2. The summed E-state index contributed by atoms with van der Waals surface area (Å²) in [5, 5.41) is 12.3. The number of carboxylic acids is 1. The van der Waals surface area contributed by atoms with Gasteiger partial charge in [0.2, 0.25) is 0 Å². The average Bonchev–Trinajstić information content (AvgIpc) is 2.68. The molecule has 1 aromatic heterocycles. The highest BCUT2D eigenvalue weighted by Gasteiger charge is 2.13. The molecule has 104 valence electrons. The van der Waals surface area contributed by atoms with E-state index in [-0.39, 0.29) is 12.3 Å². The van der Waals surface area contributed by atoms with Gasteiger partial charge in [-0.25, -0.2) is 4.98 Å². The number of benzene rings is 1. The number of carboxylic acid groups (broad SMARTS) is 1. The lowest BCUT2D eigenvalue weighted by Gasteiger charge is -2.01. The predicted octanol–water partition coefficient (Wildman–Crippen LogP) is 2.98. The summed E-state index contributed by atoms with van der Waals surface area (Å²) < 4.78 is 0. The highest BCUT2D eigenvalue weighted by atomic mass is 35.5. The fourth-order valence-corrected chi connectivity index (χ4v) is 2.72. The minimum Gasteiger partial charge on any atom is -0.481 e. The van der Waals surface area contributed by atoms with Crippen molar-refractivity contribution in [2.75, 3.05) is 5.32 Å². The molecule has 1 amide bonds. The molecule has 2 aromatic rings. The molecule has 2 rings (SSSR count). The number of rotatable bonds is 4. The van der Waals surface area contributed by atoms with E-state index in [2.05, 4.69) is 10.3 Å². The van der Waals surface area contributed by atoms with Gasteiger partial charge in [0.1, 0.15) is 0 Å². The van der Waals surface area contributed by atoms with Crippen molar-refractivity contribution >= 4 is 39.9 Å². The Morgan fingerprint density at radius 1 is 1.45 bits per heavy atom.